The number of hydrogen-bond acceptors (Lipinski definition) is 8. The third-order valence-corrected chi connectivity index (χ3v) is 10.4. The number of benzene rings is 2. The molecule has 0 N–H and O–H groups in total. The highest BCUT2D eigenvalue weighted by molar-refractivity contribution is 8.18. The number of nitrogens with zero attached hydrogens (tertiary/aromatic N) is 5. The average Bonchev–Trinajstić information content (AvgIpc) is 3.56. The number of thioether (sulfide) groups is 1. The van der Waals surface area contributed by atoms with Gasteiger partial charge in [-0.2, -0.15) is 14.4 Å². The molecule has 12 heteroatoms. The van der Waals surface area contributed by atoms with E-state index in [4.69, 9.17) is 14.6 Å². The van der Waals surface area contributed by atoms with Gasteiger partial charge in [0.2, 0.25) is 10.0 Å². The molecule has 0 aliphatic carbocycles. The summed E-state index contributed by atoms with van der Waals surface area (Å²) in [4.78, 5) is 20.2. The van der Waals surface area contributed by atoms with E-state index in [0.29, 0.717) is 53.1 Å². The minimum atomic E-state index is -3.77. The van der Waals surface area contributed by atoms with Crippen molar-refractivity contribution in [3.8, 4) is 16.9 Å². The van der Waals surface area contributed by atoms with Crippen LogP contribution in [0.4, 0.5) is 0 Å². The van der Waals surface area contributed by atoms with E-state index < -0.39 is 10.0 Å². The van der Waals surface area contributed by atoms with Gasteiger partial charge in [0.05, 0.1) is 39.9 Å². The number of amidine groups is 1. The number of hydrogen-bond donors (Lipinski definition) is 0. The Morgan fingerprint density at radius 2 is 1.53 bits per heavy atom. The predicted octanol–water partition coefficient (Wildman–Crippen LogP) is 4.42. The third kappa shape index (κ3) is 6.34. The summed E-state index contributed by atoms with van der Waals surface area (Å²) in [7, 11) is -3.77. The number of amides is 1. The van der Waals surface area contributed by atoms with Crippen molar-refractivity contribution in [3.05, 3.63) is 71.3 Å². The van der Waals surface area contributed by atoms with Gasteiger partial charge >= 0.3 is 0 Å². The molecule has 4 heterocycles. The molecule has 1 aromatic heterocycles. The first-order valence-corrected chi connectivity index (χ1v) is 16.7. The smallest absolute Gasteiger partial charge is 0.286 e. The van der Waals surface area contributed by atoms with E-state index in [1.54, 1.807) is 29.0 Å². The maximum Gasteiger partial charge on any atom is 0.286 e. The van der Waals surface area contributed by atoms with Gasteiger partial charge in [-0.15, -0.1) is 0 Å². The van der Waals surface area contributed by atoms with Crippen LogP contribution in [-0.2, 0) is 24.3 Å². The van der Waals surface area contributed by atoms with Crippen molar-refractivity contribution >= 4 is 38.9 Å². The number of carbonyl (C=O) groups is 1. The number of para-hydroxylation sites is 1. The molecule has 0 saturated carbocycles. The van der Waals surface area contributed by atoms with Crippen LogP contribution in [0.5, 0.6) is 0 Å². The predicted molar refractivity (Wildman–Crippen MR) is 167 cm³/mol. The molecule has 2 saturated heterocycles. The molecule has 6 rings (SSSR count). The summed E-state index contributed by atoms with van der Waals surface area (Å²) in [6.07, 6.45) is 3.34. The van der Waals surface area contributed by atoms with Crippen molar-refractivity contribution in [1.82, 2.24) is 19.0 Å². The topological polar surface area (TPSA) is 106 Å². The molecule has 0 spiro atoms. The van der Waals surface area contributed by atoms with E-state index in [1.807, 2.05) is 70.3 Å². The first-order chi connectivity index (χ1) is 20.6. The molecule has 3 aliphatic heterocycles. The summed E-state index contributed by atoms with van der Waals surface area (Å²) < 4.78 is 42.2. The van der Waals surface area contributed by atoms with E-state index >= 15 is 0 Å². The van der Waals surface area contributed by atoms with Crippen LogP contribution in [0.15, 0.2) is 75.6 Å². The number of aromatic nitrogens is 2. The van der Waals surface area contributed by atoms with Crippen molar-refractivity contribution in [2.45, 2.75) is 57.0 Å². The molecule has 226 valence electrons. The van der Waals surface area contributed by atoms with Gasteiger partial charge in [-0.1, -0.05) is 30.3 Å². The van der Waals surface area contributed by atoms with Crippen molar-refractivity contribution in [2.75, 3.05) is 26.2 Å². The Morgan fingerprint density at radius 1 is 0.884 bits per heavy atom. The van der Waals surface area contributed by atoms with Crippen molar-refractivity contribution in [1.29, 1.82) is 0 Å². The maximum atomic E-state index is 13.7. The summed E-state index contributed by atoms with van der Waals surface area (Å²) in [5, 5.41) is 5.53. The second kappa shape index (κ2) is 12.0. The summed E-state index contributed by atoms with van der Waals surface area (Å²) in [6.45, 7) is 9.69. The Kier molecular flexibility index (Phi) is 8.31. The zero-order valence-electron chi connectivity index (χ0n) is 24.6. The average molecular weight is 622 g/mol. The Morgan fingerprint density at radius 3 is 2.21 bits per heavy atom. The van der Waals surface area contributed by atoms with Crippen LogP contribution < -0.4 is 0 Å². The molecule has 0 radical (unpaired) electrons. The fourth-order valence-corrected chi connectivity index (χ4v) is 8.28. The molecular weight excluding hydrogens is 587 g/mol. The van der Waals surface area contributed by atoms with E-state index in [1.165, 1.54) is 16.1 Å². The zero-order valence-corrected chi connectivity index (χ0v) is 26.2. The molecule has 0 bridgehead atoms. The monoisotopic (exact) mass is 621 g/mol. The quantitative estimate of drug-likeness (QED) is 0.386. The maximum absolute atomic E-state index is 13.7. The van der Waals surface area contributed by atoms with Crippen LogP contribution >= 0.6 is 11.8 Å². The SMILES string of the molecule is CC1CN(C2=NC(=O)C(=Cc3cn(-c4ccccc4)nc3-c3cccc(S(=O)(=O)N4CC(C)OC(C)C4)c3)S2)CC(C)O1. The van der Waals surface area contributed by atoms with Crippen LogP contribution in [-0.4, -0.2) is 89.1 Å². The van der Waals surface area contributed by atoms with E-state index in [2.05, 4.69) is 9.89 Å². The molecule has 4 unspecified atom stereocenters. The first-order valence-electron chi connectivity index (χ1n) is 14.4. The highest BCUT2D eigenvalue weighted by Crippen LogP contribution is 2.35. The van der Waals surface area contributed by atoms with E-state index in [9.17, 15) is 13.2 Å². The van der Waals surface area contributed by atoms with Gasteiger partial charge in [0.15, 0.2) is 5.17 Å². The Bertz CT molecular complexity index is 1670. The van der Waals surface area contributed by atoms with Gasteiger partial charge < -0.3 is 14.4 Å². The fourth-order valence-electron chi connectivity index (χ4n) is 5.72. The Hall–Kier alpha value is -3.29. The van der Waals surface area contributed by atoms with Gasteiger partial charge in [0.25, 0.3) is 5.91 Å². The number of aliphatic imine (C=N–C) groups is 1. The first kappa shape index (κ1) is 29.8. The lowest BCUT2D eigenvalue weighted by atomic mass is 10.1. The molecule has 2 fully saturated rings. The lowest BCUT2D eigenvalue weighted by Gasteiger charge is -2.35. The summed E-state index contributed by atoms with van der Waals surface area (Å²) in [6, 6.07) is 16.5. The summed E-state index contributed by atoms with van der Waals surface area (Å²) >= 11 is 1.34. The van der Waals surface area contributed by atoms with Gasteiger partial charge in [-0.05, 0) is 69.8 Å². The second-order valence-electron chi connectivity index (χ2n) is 11.3. The van der Waals surface area contributed by atoms with Gasteiger partial charge in [-0.3, -0.25) is 4.79 Å². The number of morpholine rings is 2. The van der Waals surface area contributed by atoms with Crippen molar-refractivity contribution in [3.63, 3.8) is 0 Å². The molecular formula is C31H35N5O5S2. The normalized spacial score (nSPS) is 26.2. The Labute approximate surface area is 256 Å². The molecule has 43 heavy (non-hydrogen) atoms. The largest absolute Gasteiger partial charge is 0.373 e. The van der Waals surface area contributed by atoms with Crippen LogP contribution in [0.25, 0.3) is 23.0 Å². The third-order valence-electron chi connectivity index (χ3n) is 7.48. The molecule has 4 atom stereocenters. The minimum absolute atomic E-state index is 0.0401. The van der Waals surface area contributed by atoms with Gasteiger partial charge in [0, 0.05) is 43.5 Å². The standard InChI is InChI=1S/C31H35N5O5S2/c1-20-15-34(16-21(2)40-20)31-32-30(37)28(42-31)14-25-19-36(26-10-6-5-7-11-26)33-29(25)24-9-8-12-27(13-24)43(38,39)35-17-22(3)41-23(4)18-35/h5-14,19-23H,15-18H2,1-4H3. The molecule has 3 aromatic rings. The van der Waals surface area contributed by atoms with E-state index in [0.717, 1.165) is 5.69 Å². The highest BCUT2D eigenvalue weighted by Gasteiger charge is 2.33. The summed E-state index contributed by atoms with van der Waals surface area (Å²) in [5.74, 6) is -0.308. The number of rotatable bonds is 5. The van der Waals surface area contributed by atoms with Crippen LogP contribution in [0.2, 0.25) is 0 Å². The Balaban J connectivity index is 1.36. The number of carbonyl (C=O) groups excluding carboxylic acids is 1. The second-order valence-corrected chi connectivity index (χ2v) is 14.2. The van der Waals surface area contributed by atoms with Gasteiger partial charge in [0.1, 0.15) is 5.69 Å². The lowest BCUT2D eigenvalue weighted by molar-refractivity contribution is -0.113. The lowest BCUT2D eigenvalue weighted by Crippen LogP contribution is -2.48. The molecule has 3 aliphatic rings. The number of ether oxygens (including phenoxy) is 2. The van der Waals surface area contributed by atoms with Crippen LogP contribution in [0.1, 0.15) is 33.3 Å². The van der Waals surface area contributed by atoms with Crippen molar-refractivity contribution < 1.29 is 22.7 Å². The molecule has 10 nitrogen and oxygen atoms in total. The minimum Gasteiger partial charge on any atom is -0.373 e. The van der Waals surface area contributed by atoms with Crippen LogP contribution in [0.3, 0.4) is 0 Å². The molecule has 1 amide bonds. The molecule has 2 aromatic carbocycles. The van der Waals surface area contributed by atoms with E-state index in [-0.39, 0.29) is 35.2 Å². The number of sulfonamides is 1. The van der Waals surface area contributed by atoms with Gasteiger partial charge in [-0.25, -0.2) is 13.1 Å². The summed E-state index contributed by atoms with van der Waals surface area (Å²) in [5.41, 5.74) is 2.71. The van der Waals surface area contributed by atoms with Crippen molar-refractivity contribution in [2.24, 2.45) is 4.99 Å². The van der Waals surface area contributed by atoms with Crippen LogP contribution in [0, 0.1) is 0 Å². The zero-order chi connectivity index (χ0) is 30.3. The fraction of sp³-hybridized carbons (Fsp3) is 0.387. The highest BCUT2D eigenvalue weighted by atomic mass is 32.2.